The summed E-state index contributed by atoms with van der Waals surface area (Å²) in [7, 11) is 1.38. The van der Waals surface area contributed by atoms with Gasteiger partial charge in [0, 0.05) is 18.0 Å². The summed E-state index contributed by atoms with van der Waals surface area (Å²) in [5, 5.41) is 6.52. The molecule has 0 spiro atoms. The zero-order chi connectivity index (χ0) is 13.1. The van der Waals surface area contributed by atoms with Crippen LogP contribution in [0.4, 0.5) is 0 Å². The highest BCUT2D eigenvalue weighted by Crippen LogP contribution is 2.16. The molecule has 17 heavy (non-hydrogen) atoms. The van der Waals surface area contributed by atoms with Crippen molar-refractivity contribution in [3.05, 3.63) is 10.4 Å². The van der Waals surface area contributed by atoms with Crippen molar-refractivity contribution in [3.63, 3.8) is 0 Å². The van der Waals surface area contributed by atoms with Crippen LogP contribution in [0.5, 0.6) is 0 Å². The van der Waals surface area contributed by atoms with Gasteiger partial charge in [0.2, 0.25) is 0 Å². The summed E-state index contributed by atoms with van der Waals surface area (Å²) in [6.45, 7) is 4.74. The highest BCUT2D eigenvalue weighted by Gasteiger charge is 2.32. The maximum Gasteiger partial charge on any atom is 0.325 e. The van der Waals surface area contributed by atoms with E-state index >= 15 is 0 Å². The fourth-order valence-corrected chi connectivity index (χ4v) is 1.64. The first-order valence-electron chi connectivity index (χ1n) is 5.95. The summed E-state index contributed by atoms with van der Waals surface area (Å²) >= 11 is 0. The molecule has 0 radical (unpaired) electrons. The average Bonchev–Trinajstić information content (AvgIpc) is 2.34. The van der Waals surface area contributed by atoms with Gasteiger partial charge in [0.05, 0.1) is 7.11 Å². The van der Waals surface area contributed by atoms with Gasteiger partial charge in [0.25, 0.3) is 0 Å². The van der Waals surface area contributed by atoms with Gasteiger partial charge >= 0.3 is 5.97 Å². The maximum atomic E-state index is 11.7. The number of methoxy groups -OCH3 is 1. The summed E-state index contributed by atoms with van der Waals surface area (Å²) in [6, 6.07) is 0. The molecule has 0 amide bonds. The van der Waals surface area contributed by atoms with Crippen molar-refractivity contribution in [2.75, 3.05) is 20.2 Å². The van der Waals surface area contributed by atoms with E-state index in [1.54, 1.807) is 0 Å². The van der Waals surface area contributed by atoms with Crippen LogP contribution < -0.4 is 5.32 Å². The molecule has 6 heteroatoms. The third kappa shape index (κ3) is 6.14. The zero-order valence-electron chi connectivity index (χ0n) is 10.9. The largest absolute Gasteiger partial charge is 0.468 e. The molecule has 1 unspecified atom stereocenters. The molecule has 0 aliphatic heterocycles. The zero-order valence-corrected chi connectivity index (χ0v) is 10.9. The number of carbonyl (C=O) groups excluding carboxylic acids is 1. The van der Waals surface area contributed by atoms with E-state index in [1.165, 1.54) is 7.11 Å². The summed E-state index contributed by atoms with van der Waals surface area (Å²) in [6.07, 6.45) is 3.89. The van der Waals surface area contributed by atoms with Gasteiger partial charge < -0.3 is 10.1 Å². The van der Waals surface area contributed by atoms with Crippen molar-refractivity contribution in [2.45, 2.75) is 45.1 Å². The van der Waals surface area contributed by atoms with E-state index in [2.05, 4.69) is 22.3 Å². The Hall–Kier alpha value is -1.26. The Morgan fingerprint density at radius 1 is 1.53 bits per heavy atom. The fraction of sp³-hybridized carbons (Fsp3) is 0.909. The molecule has 98 valence electrons. The molecule has 0 fully saturated rings. The van der Waals surface area contributed by atoms with E-state index in [4.69, 9.17) is 10.3 Å². The van der Waals surface area contributed by atoms with Crippen LogP contribution in [0.25, 0.3) is 10.4 Å². The Kier molecular flexibility index (Phi) is 8.19. The highest BCUT2D eigenvalue weighted by atomic mass is 16.5. The van der Waals surface area contributed by atoms with Gasteiger partial charge in [-0.2, -0.15) is 0 Å². The van der Waals surface area contributed by atoms with Crippen LogP contribution >= 0.6 is 0 Å². The minimum atomic E-state index is -0.686. The predicted molar refractivity (Wildman–Crippen MR) is 66.6 cm³/mol. The maximum absolute atomic E-state index is 11.7. The van der Waals surface area contributed by atoms with Crippen molar-refractivity contribution < 1.29 is 9.53 Å². The van der Waals surface area contributed by atoms with Crippen molar-refractivity contribution >= 4 is 5.97 Å². The van der Waals surface area contributed by atoms with Crippen LogP contribution in [0, 0.1) is 0 Å². The molecular weight excluding hydrogens is 220 g/mol. The van der Waals surface area contributed by atoms with Gasteiger partial charge in [-0.25, -0.2) is 0 Å². The molecule has 0 aromatic heterocycles. The summed E-state index contributed by atoms with van der Waals surface area (Å²) in [4.78, 5) is 14.4. The fourth-order valence-electron chi connectivity index (χ4n) is 1.64. The first kappa shape index (κ1) is 15.7. The van der Waals surface area contributed by atoms with Gasteiger partial charge in [0.15, 0.2) is 0 Å². The van der Waals surface area contributed by atoms with Gasteiger partial charge in [-0.1, -0.05) is 31.3 Å². The van der Waals surface area contributed by atoms with Crippen LogP contribution in [0.15, 0.2) is 5.11 Å². The monoisotopic (exact) mass is 242 g/mol. The second-order valence-electron chi connectivity index (χ2n) is 4.16. The molecule has 0 bridgehead atoms. The second-order valence-corrected chi connectivity index (χ2v) is 4.16. The minimum absolute atomic E-state index is 0.269. The van der Waals surface area contributed by atoms with Crippen LogP contribution in [0.2, 0.25) is 0 Å². The topological polar surface area (TPSA) is 87.1 Å². The lowest BCUT2D eigenvalue weighted by Crippen LogP contribution is -2.51. The molecule has 1 N–H and O–H groups in total. The standard InChI is InChI=1S/C11H22N4O2/c1-4-5-6-7-11(2,10(16)17-3)13-8-9-14-15-12/h13H,4-9H2,1-3H3. The number of carbonyl (C=O) groups is 1. The Morgan fingerprint density at radius 2 is 2.24 bits per heavy atom. The van der Waals surface area contributed by atoms with Gasteiger partial charge in [-0.3, -0.25) is 4.79 Å². The normalized spacial score (nSPS) is 13.6. The summed E-state index contributed by atoms with van der Waals surface area (Å²) in [5.74, 6) is -0.269. The molecule has 6 nitrogen and oxygen atoms in total. The van der Waals surface area contributed by atoms with E-state index in [-0.39, 0.29) is 5.97 Å². The van der Waals surface area contributed by atoms with Crippen LogP contribution in [0.1, 0.15) is 39.5 Å². The number of rotatable bonds is 9. The van der Waals surface area contributed by atoms with E-state index in [0.29, 0.717) is 13.1 Å². The molecule has 0 aromatic carbocycles. The van der Waals surface area contributed by atoms with Crippen LogP contribution in [0.3, 0.4) is 0 Å². The van der Waals surface area contributed by atoms with Crippen molar-refractivity contribution in [3.8, 4) is 0 Å². The highest BCUT2D eigenvalue weighted by molar-refractivity contribution is 5.80. The number of azide groups is 1. The third-order valence-electron chi connectivity index (χ3n) is 2.71. The van der Waals surface area contributed by atoms with Crippen LogP contribution in [-0.2, 0) is 9.53 Å². The Morgan fingerprint density at radius 3 is 2.76 bits per heavy atom. The number of unbranched alkanes of at least 4 members (excludes halogenated alkanes) is 2. The first-order chi connectivity index (χ1) is 8.10. The molecule has 0 aliphatic rings. The predicted octanol–water partition coefficient (Wildman–Crippen LogP) is 2.40. The van der Waals surface area contributed by atoms with E-state index in [0.717, 1.165) is 25.7 Å². The molecule has 0 saturated carbocycles. The Balaban J connectivity index is 4.28. The Bertz CT molecular complexity index is 277. The van der Waals surface area contributed by atoms with Gasteiger partial charge in [-0.05, 0) is 18.9 Å². The average molecular weight is 242 g/mol. The smallest absolute Gasteiger partial charge is 0.325 e. The summed E-state index contributed by atoms with van der Waals surface area (Å²) in [5.41, 5.74) is 7.48. The van der Waals surface area contributed by atoms with Crippen LogP contribution in [-0.4, -0.2) is 31.7 Å². The van der Waals surface area contributed by atoms with Gasteiger partial charge in [0.1, 0.15) is 5.54 Å². The molecule has 0 aliphatic carbocycles. The number of hydrogen-bond donors (Lipinski definition) is 1. The van der Waals surface area contributed by atoms with Crippen molar-refractivity contribution in [1.29, 1.82) is 0 Å². The number of hydrogen-bond acceptors (Lipinski definition) is 4. The van der Waals surface area contributed by atoms with Crippen molar-refractivity contribution in [2.24, 2.45) is 5.11 Å². The SMILES string of the molecule is CCCCCC(C)(NCCN=[N+]=[N-])C(=O)OC. The lowest BCUT2D eigenvalue weighted by molar-refractivity contribution is -0.148. The third-order valence-corrected chi connectivity index (χ3v) is 2.71. The quantitative estimate of drug-likeness (QED) is 0.221. The number of nitrogens with zero attached hydrogens (tertiary/aromatic N) is 3. The molecule has 0 rings (SSSR count). The van der Waals surface area contributed by atoms with E-state index in [9.17, 15) is 4.79 Å². The number of ether oxygens (including phenoxy) is 1. The summed E-state index contributed by atoms with van der Waals surface area (Å²) < 4.78 is 4.80. The van der Waals surface area contributed by atoms with Gasteiger partial charge in [-0.15, -0.1) is 0 Å². The first-order valence-corrected chi connectivity index (χ1v) is 5.95. The number of esters is 1. The molecule has 0 saturated heterocycles. The van der Waals surface area contributed by atoms with E-state index in [1.807, 2.05) is 6.92 Å². The van der Waals surface area contributed by atoms with E-state index < -0.39 is 5.54 Å². The van der Waals surface area contributed by atoms with Crippen molar-refractivity contribution in [1.82, 2.24) is 5.32 Å². The molecule has 0 aromatic rings. The second kappa shape index (κ2) is 8.84. The minimum Gasteiger partial charge on any atom is -0.468 e. The Labute approximate surface area is 102 Å². The molecular formula is C11H22N4O2. The number of nitrogens with one attached hydrogen (secondary N) is 1. The lowest BCUT2D eigenvalue weighted by atomic mass is 9.94. The molecule has 1 atom stereocenters. The lowest BCUT2D eigenvalue weighted by Gasteiger charge is -2.27. The molecule has 0 heterocycles.